The molecule has 0 radical (unpaired) electrons. The molecular weight excluding hydrogens is 294 g/mol. The van der Waals surface area contributed by atoms with Gasteiger partial charge in [0, 0.05) is 11.6 Å². The Hall–Kier alpha value is -2.69. The number of benzene rings is 2. The molecule has 0 unspecified atom stereocenters. The second-order valence-electron chi connectivity index (χ2n) is 4.71. The SMILES string of the molecule is CCOc1ccc(OCC)c(NC(=O)c2ccc(OC)cc2)c1. The minimum atomic E-state index is -0.220. The number of methoxy groups -OCH3 is 1. The molecule has 23 heavy (non-hydrogen) atoms. The maximum Gasteiger partial charge on any atom is 0.255 e. The molecule has 0 saturated carbocycles. The summed E-state index contributed by atoms with van der Waals surface area (Å²) in [5, 5.41) is 2.86. The molecule has 1 N–H and O–H groups in total. The first kappa shape index (κ1) is 16.7. The number of hydrogen-bond donors (Lipinski definition) is 1. The first-order chi connectivity index (χ1) is 11.2. The van der Waals surface area contributed by atoms with E-state index in [1.165, 1.54) is 0 Å². The van der Waals surface area contributed by atoms with Crippen molar-refractivity contribution in [3.63, 3.8) is 0 Å². The Morgan fingerprint density at radius 1 is 0.957 bits per heavy atom. The van der Waals surface area contributed by atoms with Crippen molar-refractivity contribution in [1.82, 2.24) is 0 Å². The maximum absolute atomic E-state index is 12.4. The highest BCUT2D eigenvalue weighted by atomic mass is 16.5. The van der Waals surface area contributed by atoms with Gasteiger partial charge in [-0.15, -0.1) is 0 Å². The molecule has 0 bridgehead atoms. The van der Waals surface area contributed by atoms with Crippen LogP contribution < -0.4 is 19.5 Å². The van der Waals surface area contributed by atoms with E-state index in [9.17, 15) is 4.79 Å². The number of amides is 1. The fourth-order valence-electron chi connectivity index (χ4n) is 2.08. The van der Waals surface area contributed by atoms with E-state index in [0.717, 1.165) is 0 Å². The Bertz CT molecular complexity index is 653. The Kier molecular flexibility index (Phi) is 5.86. The van der Waals surface area contributed by atoms with E-state index in [4.69, 9.17) is 14.2 Å². The van der Waals surface area contributed by atoms with Crippen LogP contribution in [0.4, 0.5) is 5.69 Å². The van der Waals surface area contributed by atoms with E-state index in [-0.39, 0.29) is 5.91 Å². The number of anilines is 1. The van der Waals surface area contributed by atoms with E-state index in [1.807, 2.05) is 19.9 Å². The third kappa shape index (κ3) is 4.39. The van der Waals surface area contributed by atoms with Gasteiger partial charge in [0.25, 0.3) is 5.91 Å². The first-order valence-electron chi connectivity index (χ1n) is 7.53. The molecular formula is C18H21NO4. The molecule has 5 heteroatoms. The smallest absolute Gasteiger partial charge is 0.255 e. The van der Waals surface area contributed by atoms with Crippen LogP contribution in [-0.2, 0) is 0 Å². The quantitative estimate of drug-likeness (QED) is 0.845. The standard InChI is InChI=1S/C18H21NO4/c1-4-22-15-10-11-17(23-5-2)16(12-15)19-18(20)13-6-8-14(21-3)9-7-13/h6-12H,4-5H2,1-3H3,(H,19,20). The largest absolute Gasteiger partial charge is 0.497 e. The fourth-order valence-corrected chi connectivity index (χ4v) is 2.08. The molecule has 2 aromatic carbocycles. The van der Waals surface area contributed by atoms with Gasteiger partial charge < -0.3 is 19.5 Å². The number of ether oxygens (including phenoxy) is 3. The molecule has 0 heterocycles. The van der Waals surface area contributed by atoms with Crippen LogP contribution in [-0.4, -0.2) is 26.2 Å². The molecule has 0 fully saturated rings. The minimum Gasteiger partial charge on any atom is -0.497 e. The highest BCUT2D eigenvalue weighted by Crippen LogP contribution is 2.30. The van der Waals surface area contributed by atoms with Crippen LogP contribution in [0.15, 0.2) is 42.5 Å². The second-order valence-corrected chi connectivity index (χ2v) is 4.71. The van der Waals surface area contributed by atoms with Crippen molar-refractivity contribution in [3.05, 3.63) is 48.0 Å². The molecule has 0 spiro atoms. The van der Waals surface area contributed by atoms with Crippen molar-refractivity contribution in [3.8, 4) is 17.2 Å². The van der Waals surface area contributed by atoms with Crippen LogP contribution in [0.1, 0.15) is 24.2 Å². The van der Waals surface area contributed by atoms with Crippen LogP contribution in [0.25, 0.3) is 0 Å². The predicted octanol–water partition coefficient (Wildman–Crippen LogP) is 3.74. The second kappa shape index (κ2) is 8.08. The zero-order valence-corrected chi connectivity index (χ0v) is 13.6. The van der Waals surface area contributed by atoms with E-state index in [0.29, 0.717) is 41.7 Å². The molecule has 2 aromatic rings. The van der Waals surface area contributed by atoms with Gasteiger partial charge in [0.2, 0.25) is 0 Å². The van der Waals surface area contributed by atoms with E-state index in [1.54, 1.807) is 43.5 Å². The van der Waals surface area contributed by atoms with E-state index >= 15 is 0 Å². The van der Waals surface area contributed by atoms with Crippen LogP contribution in [0.3, 0.4) is 0 Å². The summed E-state index contributed by atoms with van der Waals surface area (Å²) in [5.74, 6) is 1.77. The van der Waals surface area contributed by atoms with Crippen molar-refractivity contribution in [1.29, 1.82) is 0 Å². The Balaban J connectivity index is 2.21. The molecule has 5 nitrogen and oxygen atoms in total. The zero-order valence-electron chi connectivity index (χ0n) is 13.6. The number of carbonyl (C=O) groups excluding carboxylic acids is 1. The monoisotopic (exact) mass is 315 g/mol. The van der Waals surface area contributed by atoms with Gasteiger partial charge in [-0.05, 0) is 50.2 Å². The van der Waals surface area contributed by atoms with Crippen molar-refractivity contribution >= 4 is 11.6 Å². The van der Waals surface area contributed by atoms with Gasteiger partial charge in [-0.1, -0.05) is 0 Å². The summed E-state index contributed by atoms with van der Waals surface area (Å²) in [6, 6.07) is 12.3. The zero-order chi connectivity index (χ0) is 16.7. The summed E-state index contributed by atoms with van der Waals surface area (Å²) < 4.78 is 16.1. The van der Waals surface area contributed by atoms with Crippen molar-refractivity contribution in [2.24, 2.45) is 0 Å². The van der Waals surface area contributed by atoms with Crippen molar-refractivity contribution in [2.45, 2.75) is 13.8 Å². The summed E-state index contributed by atoms with van der Waals surface area (Å²) in [6.07, 6.45) is 0. The molecule has 122 valence electrons. The summed E-state index contributed by atoms with van der Waals surface area (Å²) in [4.78, 5) is 12.4. The highest BCUT2D eigenvalue weighted by molar-refractivity contribution is 6.05. The summed E-state index contributed by atoms with van der Waals surface area (Å²) in [5.41, 5.74) is 1.12. The van der Waals surface area contributed by atoms with Gasteiger partial charge in [-0.25, -0.2) is 0 Å². The van der Waals surface area contributed by atoms with Crippen molar-refractivity contribution < 1.29 is 19.0 Å². The van der Waals surface area contributed by atoms with Gasteiger partial charge in [0.1, 0.15) is 17.2 Å². The highest BCUT2D eigenvalue weighted by Gasteiger charge is 2.11. The Morgan fingerprint density at radius 2 is 1.61 bits per heavy atom. The number of rotatable bonds is 7. The predicted molar refractivity (Wildman–Crippen MR) is 89.7 cm³/mol. The third-order valence-corrected chi connectivity index (χ3v) is 3.16. The average molecular weight is 315 g/mol. The summed E-state index contributed by atoms with van der Waals surface area (Å²) in [7, 11) is 1.59. The van der Waals surface area contributed by atoms with Crippen LogP contribution >= 0.6 is 0 Å². The average Bonchev–Trinajstić information content (AvgIpc) is 2.57. The lowest BCUT2D eigenvalue weighted by Crippen LogP contribution is -2.13. The summed E-state index contributed by atoms with van der Waals surface area (Å²) >= 11 is 0. The van der Waals surface area contributed by atoms with Crippen LogP contribution in [0.2, 0.25) is 0 Å². The van der Waals surface area contributed by atoms with Crippen molar-refractivity contribution in [2.75, 3.05) is 25.6 Å². The lowest BCUT2D eigenvalue weighted by atomic mass is 10.2. The molecule has 0 atom stereocenters. The molecule has 0 aliphatic carbocycles. The number of hydrogen-bond acceptors (Lipinski definition) is 4. The molecule has 1 amide bonds. The van der Waals surface area contributed by atoms with Crippen LogP contribution in [0.5, 0.6) is 17.2 Å². The van der Waals surface area contributed by atoms with Gasteiger partial charge in [0.05, 0.1) is 26.0 Å². The first-order valence-corrected chi connectivity index (χ1v) is 7.53. The summed E-state index contributed by atoms with van der Waals surface area (Å²) in [6.45, 7) is 4.87. The van der Waals surface area contributed by atoms with Gasteiger partial charge in [-0.3, -0.25) is 4.79 Å². The molecule has 0 aliphatic heterocycles. The van der Waals surface area contributed by atoms with Crippen LogP contribution in [0, 0.1) is 0 Å². The van der Waals surface area contributed by atoms with Gasteiger partial charge in [-0.2, -0.15) is 0 Å². The molecule has 2 rings (SSSR count). The lowest BCUT2D eigenvalue weighted by molar-refractivity contribution is 0.102. The molecule has 0 aromatic heterocycles. The molecule has 0 aliphatic rings. The number of nitrogens with one attached hydrogen (secondary N) is 1. The Labute approximate surface area is 136 Å². The minimum absolute atomic E-state index is 0.220. The number of carbonyl (C=O) groups is 1. The lowest BCUT2D eigenvalue weighted by Gasteiger charge is -2.13. The van der Waals surface area contributed by atoms with Gasteiger partial charge >= 0.3 is 0 Å². The maximum atomic E-state index is 12.4. The third-order valence-electron chi connectivity index (χ3n) is 3.16. The van der Waals surface area contributed by atoms with Gasteiger partial charge in [0.15, 0.2) is 0 Å². The normalized spacial score (nSPS) is 10.0. The topological polar surface area (TPSA) is 56.8 Å². The Morgan fingerprint density at radius 3 is 2.22 bits per heavy atom. The van der Waals surface area contributed by atoms with E-state index < -0.39 is 0 Å². The van der Waals surface area contributed by atoms with E-state index in [2.05, 4.69) is 5.32 Å². The molecule has 0 saturated heterocycles. The fraction of sp³-hybridized carbons (Fsp3) is 0.278.